The van der Waals surface area contributed by atoms with Crippen LogP contribution in [0.1, 0.15) is 44.2 Å². The number of hydrogen-bond donors (Lipinski definition) is 2. The van der Waals surface area contributed by atoms with Gasteiger partial charge in [0, 0.05) is 17.5 Å². The number of para-hydroxylation sites is 1. The summed E-state index contributed by atoms with van der Waals surface area (Å²) in [6.07, 6.45) is 0.484. The van der Waals surface area contributed by atoms with Crippen molar-refractivity contribution in [3.8, 4) is 34.1 Å². The first-order valence-electron chi connectivity index (χ1n) is 10.7. The molecule has 0 unspecified atom stereocenters. The van der Waals surface area contributed by atoms with E-state index in [2.05, 4.69) is 31.9 Å². The zero-order valence-electron chi connectivity index (χ0n) is 18.7. The molecule has 5 nitrogen and oxygen atoms in total. The van der Waals surface area contributed by atoms with Crippen molar-refractivity contribution in [2.45, 2.75) is 39.5 Å². The molecule has 0 aliphatic heterocycles. The van der Waals surface area contributed by atoms with E-state index in [-0.39, 0.29) is 18.1 Å². The molecule has 0 aliphatic carbocycles. The van der Waals surface area contributed by atoms with Crippen LogP contribution in [-0.2, 0) is 11.2 Å². The van der Waals surface area contributed by atoms with E-state index in [1.165, 1.54) is 0 Å². The highest BCUT2D eigenvalue weighted by Crippen LogP contribution is 2.44. The van der Waals surface area contributed by atoms with Crippen molar-refractivity contribution in [2.75, 3.05) is 6.61 Å². The number of phenols is 1. The van der Waals surface area contributed by atoms with Gasteiger partial charge in [0.15, 0.2) is 17.2 Å². The average Bonchev–Trinajstić information content (AvgIpc) is 2.76. The van der Waals surface area contributed by atoms with Gasteiger partial charge in [-0.05, 0) is 92.6 Å². The number of rotatable bonds is 9. The van der Waals surface area contributed by atoms with E-state index in [1.807, 2.05) is 69.3 Å². The molecule has 2 N–H and O–H groups in total. The smallest absolute Gasteiger partial charge is 0.303 e. The summed E-state index contributed by atoms with van der Waals surface area (Å²) in [5.41, 5.74) is 3.42. The Bertz CT molecular complexity index is 1130. The average molecular weight is 578 g/mol. The van der Waals surface area contributed by atoms with Crippen LogP contribution in [0.3, 0.4) is 0 Å². The number of benzene rings is 3. The van der Waals surface area contributed by atoms with E-state index in [0.29, 0.717) is 30.3 Å². The molecule has 0 aromatic heterocycles. The van der Waals surface area contributed by atoms with Crippen molar-refractivity contribution in [1.82, 2.24) is 0 Å². The van der Waals surface area contributed by atoms with Gasteiger partial charge in [-0.1, -0.05) is 32.0 Å². The molecule has 33 heavy (non-hydrogen) atoms. The van der Waals surface area contributed by atoms with Crippen LogP contribution in [-0.4, -0.2) is 22.8 Å². The maximum Gasteiger partial charge on any atom is 0.303 e. The fourth-order valence-corrected chi connectivity index (χ4v) is 4.94. The molecule has 3 aromatic carbocycles. The van der Waals surface area contributed by atoms with Crippen LogP contribution in [0.5, 0.6) is 23.0 Å². The topological polar surface area (TPSA) is 76.0 Å². The van der Waals surface area contributed by atoms with E-state index < -0.39 is 5.97 Å². The molecule has 0 amide bonds. The minimum absolute atomic E-state index is 0.0586. The normalized spacial score (nSPS) is 11.0. The Balaban J connectivity index is 2.03. The van der Waals surface area contributed by atoms with Crippen molar-refractivity contribution in [1.29, 1.82) is 0 Å². The van der Waals surface area contributed by atoms with Crippen LogP contribution < -0.4 is 9.47 Å². The molecular formula is C26H26Br2O5. The largest absolute Gasteiger partial charge is 0.504 e. The summed E-state index contributed by atoms with van der Waals surface area (Å²) < 4.78 is 13.5. The molecule has 3 aromatic rings. The summed E-state index contributed by atoms with van der Waals surface area (Å²) >= 11 is 7.12. The number of halogens is 2. The molecule has 0 heterocycles. The fraction of sp³-hybridized carbons (Fsp3) is 0.269. The Kier molecular flexibility index (Phi) is 8.43. The molecule has 3 rings (SSSR count). The molecule has 0 atom stereocenters. The number of hydrogen-bond acceptors (Lipinski definition) is 4. The van der Waals surface area contributed by atoms with Gasteiger partial charge in [0.2, 0.25) is 0 Å². The molecular weight excluding hydrogens is 552 g/mol. The van der Waals surface area contributed by atoms with Gasteiger partial charge >= 0.3 is 5.97 Å². The van der Waals surface area contributed by atoms with E-state index in [1.54, 1.807) is 0 Å². The van der Waals surface area contributed by atoms with Gasteiger partial charge < -0.3 is 19.7 Å². The van der Waals surface area contributed by atoms with Crippen LogP contribution in [0, 0.1) is 0 Å². The number of ether oxygens (including phenoxy) is 2. The molecule has 0 aliphatic rings. The van der Waals surface area contributed by atoms with Crippen LogP contribution >= 0.6 is 31.9 Å². The van der Waals surface area contributed by atoms with Gasteiger partial charge in [-0.15, -0.1) is 0 Å². The van der Waals surface area contributed by atoms with Crippen molar-refractivity contribution in [3.05, 3.63) is 68.6 Å². The highest BCUT2D eigenvalue weighted by atomic mass is 79.9. The van der Waals surface area contributed by atoms with Crippen LogP contribution in [0.25, 0.3) is 11.1 Å². The minimum Gasteiger partial charge on any atom is -0.504 e. The number of aromatic hydroxyl groups is 1. The quantitative estimate of drug-likeness (QED) is 0.270. The lowest BCUT2D eigenvalue weighted by atomic mass is 9.95. The lowest BCUT2D eigenvalue weighted by Gasteiger charge is -2.18. The van der Waals surface area contributed by atoms with E-state index in [0.717, 1.165) is 31.2 Å². The summed E-state index contributed by atoms with van der Waals surface area (Å²) in [5.74, 6) is 1.11. The predicted molar refractivity (Wildman–Crippen MR) is 137 cm³/mol. The Labute approximate surface area is 210 Å². The summed E-state index contributed by atoms with van der Waals surface area (Å²) in [4.78, 5) is 10.9. The maximum absolute atomic E-state index is 10.9. The third-order valence-electron chi connectivity index (χ3n) is 5.12. The summed E-state index contributed by atoms with van der Waals surface area (Å²) in [5, 5.41) is 19.6. The number of carboxylic acids is 1. The number of carbonyl (C=O) groups is 1. The monoisotopic (exact) mass is 576 g/mol. The van der Waals surface area contributed by atoms with Gasteiger partial charge in [-0.3, -0.25) is 4.79 Å². The molecule has 0 spiro atoms. The Hall–Kier alpha value is -2.51. The van der Waals surface area contributed by atoms with Crippen LogP contribution in [0.15, 0.2) is 57.5 Å². The zero-order valence-corrected chi connectivity index (χ0v) is 21.9. The lowest BCUT2D eigenvalue weighted by Crippen LogP contribution is -1.99. The highest BCUT2D eigenvalue weighted by molar-refractivity contribution is 9.11. The molecule has 0 saturated heterocycles. The van der Waals surface area contributed by atoms with E-state index in [9.17, 15) is 9.90 Å². The third kappa shape index (κ3) is 6.09. The second kappa shape index (κ2) is 11.1. The Morgan fingerprint density at radius 2 is 1.70 bits per heavy atom. The van der Waals surface area contributed by atoms with E-state index in [4.69, 9.17) is 14.6 Å². The van der Waals surface area contributed by atoms with Crippen molar-refractivity contribution in [3.63, 3.8) is 0 Å². The number of aryl methyl sites for hydroxylation is 1. The predicted octanol–water partition coefficient (Wildman–Crippen LogP) is 7.92. The Morgan fingerprint density at radius 3 is 2.30 bits per heavy atom. The van der Waals surface area contributed by atoms with Gasteiger partial charge in [0.05, 0.1) is 15.6 Å². The molecule has 0 saturated carbocycles. The van der Waals surface area contributed by atoms with Gasteiger partial charge in [-0.2, -0.15) is 0 Å². The SMILES string of the molecule is CCOc1cc(-c2ccccc2Oc2c(Br)cc(CCC(=O)O)cc2Br)cc(C(C)C)c1O. The number of phenolic OH excluding ortho intramolecular Hbond substituents is 1. The zero-order chi connectivity index (χ0) is 24.1. The maximum atomic E-state index is 10.9. The lowest BCUT2D eigenvalue weighted by molar-refractivity contribution is -0.136. The third-order valence-corrected chi connectivity index (χ3v) is 6.30. The second-order valence-electron chi connectivity index (χ2n) is 7.88. The Morgan fingerprint density at radius 1 is 1.03 bits per heavy atom. The van der Waals surface area contributed by atoms with Gasteiger partial charge in [0.25, 0.3) is 0 Å². The number of carboxylic acid groups (broad SMARTS) is 1. The second-order valence-corrected chi connectivity index (χ2v) is 9.59. The molecule has 0 bridgehead atoms. The van der Waals surface area contributed by atoms with Crippen molar-refractivity contribution >= 4 is 37.8 Å². The molecule has 0 radical (unpaired) electrons. The van der Waals surface area contributed by atoms with Gasteiger partial charge in [-0.25, -0.2) is 0 Å². The molecule has 174 valence electrons. The number of aliphatic carboxylic acids is 1. The van der Waals surface area contributed by atoms with Crippen molar-refractivity contribution < 1.29 is 24.5 Å². The van der Waals surface area contributed by atoms with Gasteiger partial charge in [0.1, 0.15) is 5.75 Å². The minimum atomic E-state index is -0.836. The standard InChI is InChI=1S/C26H26Br2O5/c1-4-32-23-14-17(13-19(15(2)3)25(23)31)18-7-5-6-8-22(18)33-26-20(27)11-16(12-21(26)28)9-10-24(29)30/h5-8,11-15,31H,4,9-10H2,1-3H3,(H,29,30). The van der Waals surface area contributed by atoms with Crippen LogP contribution in [0.2, 0.25) is 0 Å². The molecule has 0 fully saturated rings. The summed E-state index contributed by atoms with van der Waals surface area (Å²) in [6.45, 7) is 6.38. The van der Waals surface area contributed by atoms with Crippen molar-refractivity contribution in [2.24, 2.45) is 0 Å². The first kappa shape index (κ1) is 25.1. The summed E-state index contributed by atoms with van der Waals surface area (Å²) in [7, 11) is 0. The first-order valence-corrected chi connectivity index (χ1v) is 12.3. The molecule has 7 heteroatoms. The summed E-state index contributed by atoms with van der Waals surface area (Å²) in [6, 6.07) is 15.2. The van der Waals surface area contributed by atoms with E-state index >= 15 is 0 Å². The highest BCUT2D eigenvalue weighted by Gasteiger charge is 2.18. The van der Waals surface area contributed by atoms with Crippen LogP contribution in [0.4, 0.5) is 0 Å². The fourth-order valence-electron chi connectivity index (χ4n) is 3.50. The first-order chi connectivity index (χ1) is 15.7.